The topological polar surface area (TPSA) is 38.5 Å². The van der Waals surface area contributed by atoms with Crippen molar-refractivity contribution in [3.63, 3.8) is 0 Å². The van der Waals surface area contributed by atoms with Gasteiger partial charge in [0.05, 0.1) is 6.61 Å². The van der Waals surface area contributed by atoms with Crippen molar-refractivity contribution >= 4 is 0 Å². The van der Waals surface area contributed by atoms with Crippen LogP contribution in [0.2, 0.25) is 0 Å². The Morgan fingerprint density at radius 2 is 2.45 bits per heavy atom. The lowest BCUT2D eigenvalue weighted by Gasteiger charge is -2.22. The molecular formula is C8H18N2O. The van der Waals surface area contributed by atoms with Crippen molar-refractivity contribution < 1.29 is 4.74 Å². The van der Waals surface area contributed by atoms with Gasteiger partial charge in [-0.25, -0.2) is 0 Å². The van der Waals surface area contributed by atoms with Gasteiger partial charge in [0.25, 0.3) is 0 Å². The SMILES string of the molecule is COCC(C)N1CC[C@@H](N)C1. The summed E-state index contributed by atoms with van der Waals surface area (Å²) in [5.74, 6) is 0. The third-order valence-corrected chi connectivity index (χ3v) is 2.29. The summed E-state index contributed by atoms with van der Waals surface area (Å²) in [4.78, 5) is 2.38. The lowest BCUT2D eigenvalue weighted by atomic mass is 10.3. The van der Waals surface area contributed by atoms with E-state index in [2.05, 4.69) is 11.8 Å². The van der Waals surface area contributed by atoms with Crippen molar-refractivity contribution in [2.24, 2.45) is 5.73 Å². The van der Waals surface area contributed by atoms with E-state index in [9.17, 15) is 0 Å². The molecule has 1 saturated heterocycles. The van der Waals surface area contributed by atoms with Crippen LogP contribution < -0.4 is 5.73 Å². The van der Waals surface area contributed by atoms with Crippen molar-refractivity contribution in [1.29, 1.82) is 0 Å². The molecule has 0 saturated carbocycles. The molecule has 2 N–H and O–H groups in total. The van der Waals surface area contributed by atoms with Crippen molar-refractivity contribution in [2.75, 3.05) is 26.8 Å². The number of rotatable bonds is 3. The van der Waals surface area contributed by atoms with Gasteiger partial charge in [0.15, 0.2) is 0 Å². The van der Waals surface area contributed by atoms with E-state index in [0.717, 1.165) is 26.1 Å². The summed E-state index contributed by atoms with van der Waals surface area (Å²) in [7, 11) is 1.74. The van der Waals surface area contributed by atoms with E-state index in [1.54, 1.807) is 7.11 Å². The van der Waals surface area contributed by atoms with Gasteiger partial charge in [-0.2, -0.15) is 0 Å². The number of ether oxygens (including phenoxy) is 1. The van der Waals surface area contributed by atoms with Gasteiger partial charge in [-0.1, -0.05) is 0 Å². The highest BCUT2D eigenvalue weighted by atomic mass is 16.5. The second kappa shape index (κ2) is 4.04. The predicted octanol–water partition coefficient (Wildman–Crippen LogP) is 0.0543. The molecule has 1 heterocycles. The van der Waals surface area contributed by atoms with E-state index < -0.39 is 0 Å². The normalized spacial score (nSPS) is 29.2. The minimum Gasteiger partial charge on any atom is -0.383 e. The van der Waals surface area contributed by atoms with Crippen molar-refractivity contribution in [3.05, 3.63) is 0 Å². The molecule has 3 nitrogen and oxygen atoms in total. The van der Waals surface area contributed by atoms with Gasteiger partial charge in [0, 0.05) is 32.3 Å². The molecule has 0 aromatic carbocycles. The molecule has 1 rings (SSSR count). The first kappa shape index (κ1) is 8.97. The lowest BCUT2D eigenvalue weighted by Crippen LogP contribution is -2.36. The van der Waals surface area contributed by atoms with Crippen LogP contribution in [0.25, 0.3) is 0 Å². The van der Waals surface area contributed by atoms with Gasteiger partial charge in [-0.05, 0) is 13.3 Å². The Kier molecular flexibility index (Phi) is 3.30. The molecular weight excluding hydrogens is 140 g/mol. The van der Waals surface area contributed by atoms with Crippen molar-refractivity contribution in [1.82, 2.24) is 4.90 Å². The van der Waals surface area contributed by atoms with Crippen LogP contribution >= 0.6 is 0 Å². The summed E-state index contributed by atoms with van der Waals surface area (Å²) < 4.78 is 5.07. The zero-order valence-corrected chi connectivity index (χ0v) is 7.42. The summed E-state index contributed by atoms with van der Waals surface area (Å²) >= 11 is 0. The lowest BCUT2D eigenvalue weighted by molar-refractivity contribution is 0.114. The average Bonchev–Trinajstić information content (AvgIpc) is 2.36. The molecule has 1 aliphatic heterocycles. The minimum absolute atomic E-state index is 0.384. The predicted molar refractivity (Wildman–Crippen MR) is 45.5 cm³/mol. The van der Waals surface area contributed by atoms with Crippen LogP contribution in [0.3, 0.4) is 0 Å². The zero-order chi connectivity index (χ0) is 8.27. The molecule has 3 heteroatoms. The minimum atomic E-state index is 0.384. The van der Waals surface area contributed by atoms with E-state index in [4.69, 9.17) is 10.5 Å². The number of nitrogens with two attached hydrogens (primary N) is 1. The molecule has 0 aromatic heterocycles. The number of likely N-dealkylation sites (tertiary alicyclic amines) is 1. The van der Waals surface area contributed by atoms with Crippen LogP contribution in [0.15, 0.2) is 0 Å². The first-order chi connectivity index (χ1) is 5.24. The van der Waals surface area contributed by atoms with Crippen LogP contribution in [0.5, 0.6) is 0 Å². The van der Waals surface area contributed by atoms with Gasteiger partial charge in [0.2, 0.25) is 0 Å². The summed E-state index contributed by atoms with van der Waals surface area (Å²) in [6.45, 7) is 5.16. The van der Waals surface area contributed by atoms with Crippen LogP contribution in [0.4, 0.5) is 0 Å². The Hall–Kier alpha value is -0.120. The molecule has 1 aliphatic rings. The molecule has 66 valence electrons. The molecule has 1 unspecified atom stereocenters. The van der Waals surface area contributed by atoms with Gasteiger partial charge in [-0.3, -0.25) is 4.90 Å². The summed E-state index contributed by atoms with van der Waals surface area (Å²) in [6, 6.07) is 0.905. The molecule has 0 spiro atoms. The molecule has 2 atom stereocenters. The van der Waals surface area contributed by atoms with Crippen LogP contribution in [0, 0.1) is 0 Å². The number of hydrogen-bond acceptors (Lipinski definition) is 3. The molecule has 1 fully saturated rings. The highest BCUT2D eigenvalue weighted by Gasteiger charge is 2.22. The molecule has 0 radical (unpaired) electrons. The molecule has 0 aliphatic carbocycles. The second-order valence-electron chi connectivity index (χ2n) is 3.35. The van der Waals surface area contributed by atoms with E-state index in [-0.39, 0.29) is 0 Å². The highest BCUT2D eigenvalue weighted by Crippen LogP contribution is 2.10. The second-order valence-corrected chi connectivity index (χ2v) is 3.35. The fraction of sp³-hybridized carbons (Fsp3) is 1.00. The van der Waals surface area contributed by atoms with Crippen molar-refractivity contribution in [2.45, 2.75) is 25.4 Å². The van der Waals surface area contributed by atoms with Crippen LogP contribution in [-0.4, -0.2) is 43.8 Å². The fourth-order valence-corrected chi connectivity index (χ4v) is 1.56. The fourth-order valence-electron chi connectivity index (χ4n) is 1.56. The van der Waals surface area contributed by atoms with Crippen molar-refractivity contribution in [3.8, 4) is 0 Å². The standard InChI is InChI=1S/C8H18N2O/c1-7(6-11-2)10-4-3-8(9)5-10/h7-8H,3-6,9H2,1-2H3/t7?,8-/m1/s1. The van der Waals surface area contributed by atoms with Crippen LogP contribution in [-0.2, 0) is 4.74 Å². The van der Waals surface area contributed by atoms with E-state index >= 15 is 0 Å². The van der Waals surface area contributed by atoms with Crippen LogP contribution in [0.1, 0.15) is 13.3 Å². The summed E-state index contributed by atoms with van der Waals surface area (Å²) in [5, 5.41) is 0. The Balaban J connectivity index is 2.25. The van der Waals surface area contributed by atoms with Gasteiger partial charge in [0.1, 0.15) is 0 Å². The van der Waals surface area contributed by atoms with Gasteiger partial charge in [-0.15, -0.1) is 0 Å². The molecule has 0 amide bonds. The molecule has 0 bridgehead atoms. The third-order valence-electron chi connectivity index (χ3n) is 2.29. The first-order valence-corrected chi connectivity index (χ1v) is 4.22. The average molecular weight is 158 g/mol. The smallest absolute Gasteiger partial charge is 0.0615 e. The Bertz CT molecular complexity index is 119. The number of methoxy groups -OCH3 is 1. The van der Waals surface area contributed by atoms with E-state index in [1.165, 1.54) is 0 Å². The first-order valence-electron chi connectivity index (χ1n) is 4.22. The number of hydrogen-bond donors (Lipinski definition) is 1. The largest absolute Gasteiger partial charge is 0.383 e. The maximum atomic E-state index is 5.78. The van der Waals surface area contributed by atoms with E-state index in [0.29, 0.717) is 12.1 Å². The maximum Gasteiger partial charge on any atom is 0.0615 e. The van der Waals surface area contributed by atoms with Gasteiger partial charge >= 0.3 is 0 Å². The molecule has 0 aromatic rings. The quantitative estimate of drug-likeness (QED) is 0.631. The maximum absolute atomic E-state index is 5.78. The number of nitrogens with zero attached hydrogens (tertiary/aromatic N) is 1. The Morgan fingerprint density at radius 3 is 2.91 bits per heavy atom. The summed E-state index contributed by atoms with van der Waals surface area (Å²) in [5.41, 5.74) is 5.78. The monoisotopic (exact) mass is 158 g/mol. The van der Waals surface area contributed by atoms with Gasteiger partial charge < -0.3 is 10.5 Å². The van der Waals surface area contributed by atoms with E-state index in [1.807, 2.05) is 0 Å². The summed E-state index contributed by atoms with van der Waals surface area (Å²) in [6.07, 6.45) is 1.13. The third kappa shape index (κ3) is 2.43. The Morgan fingerprint density at radius 1 is 1.73 bits per heavy atom. The Labute approximate surface area is 68.5 Å². The zero-order valence-electron chi connectivity index (χ0n) is 7.42. The highest BCUT2D eigenvalue weighted by molar-refractivity contribution is 4.81. The molecule has 11 heavy (non-hydrogen) atoms.